The van der Waals surface area contributed by atoms with E-state index in [1.54, 1.807) is 0 Å². The van der Waals surface area contributed by atoms with Crippen LogP contribution in [0.15, 0.2) is 0 Å². The van der Waals surface area contributed by atoms with Gasteiger partial charge in [0.25, 0.3) is 0 Å². The Hall–Kier alpha value is -0.320. The molecule has 0 rings (SSSR count). The first-order valence-electron chi connectivity index (χ1n) is 3.37. The summed E-state index contributed by atoms with van der Waals surface area (Å²) in [5.74, 6) is -1.40. The Labute approximate surface area is 76.7 Å². The quantitative estimate of drug-likeness (QED) is 0.370. The summed E-state index contributed by atoms with van der Waals surface area (Å²) in [6, 6.07) is 0. The Balaban J connectivity index is 4.19. The first-order chi connectivity index (χ1) is 5.64. The Kier molecular flexibility index (Phi) is 5.20. The van der Waals surface area contributed by atoms with Crippen LogP contribution in [0.2, 0.25) is 0 Å². The second kappa shape index (κ2) is 5.35. The Morgan fingerprint density at radius 1 is 1.33 bits per heavy atom. The molecule has 0 aliphatic heterocycles. The Bertz CT molecular complexity index is 136. The van der Waals surface area contributed by atoms with Gasteiger partial charge in [0.1, 0.15) is 6.42 Å². The number of methoxy groups -OCH3 is 3. The molecule has 0 aromatic rings. The highest BCUT2D eigenvalue weighted by atomic mass is 35.5. The van der Waals surface area contributed by atoms with Crippen LogP contribution in [0.1, 0.15) is 6.42 Å². The van der Waals surface area contributed by atoms with E-state index >= 15 is 0 Å². The van der Waals surface area contributed by atoms with Crippen molar-refractivity contribution in [2.45, 2.75) is 12.2 Å². The Morgan fingerprint density at radius 3 is 2.08 bits per heavy atom. The molecule has 0 saturated carbocycles. The number of carbonyl (C=O) groups is 1. The molecule has 0 heterocycles. The van der Waals surface area contributed by atoms with Gasteiger partial charge in [-0.15, -0.1) is 11.6 Å². The summed E-state index contributed by atoms with van der Waals surface area (Å²) in [4.78, 5) is 10.9. The number of hydrogen-bond donors (Lipinski definition) is 0. The molecule has 12 heavy (non-hydrogen) atoms. The number of carbonyl (C=O) groups excluding carboxylic acids is 1. The van der Waals surface area contributed by atoms with Crippen LogP contribution in [-0.2, 0) is 19.0 Å². The summed E-state index contributed by atoms with van der Waals surface area (Å²) in [5.41, 5.74) is 0. The number of esters is 1. The molecule has 0 spiro atoms. The lowest BCUT2D eigenvalue weighted by Crippen LogP contribution is -2.38. The van der Waals surface area contributed by atoms with Crippen molar-refractivity contribution < 1.29 is 19.0 Å². The van der Waals surface area contributed by atoms with Gasteiger partial charge in [0, 0.05) is 14.2 Å². The van der Waals surface area contributed by atoms with Crippen LogP contribution >= 0.6 is 11.6 Å². The standard InChI is InChI=1S/C7H13ClO4/c1-10-6(9)4-7(5-8,11-2)12-3/h4-5H2,1-3H3. The van der Waals surface area contributed by atoms with Crippen LogP contribution in [0, 0.1) is 0 Å². The molecule has 0 aromatic carbocycles. The van der Waals surface area contributed by atoms with Gasteiger partial charge < -0.3 is 14.2 Å². The van der Waals surface area contributed by atoms with Crippen LogP contribution in [0.3, 0.4) is 0 Å². The van der Waals surface area contributed by atoms with Crippen molar-refractivity contribution in [2.75, 3.05) is 27.2 Å². The number of rotatable bonds is 5. The van der Waals surface area contributed by atoms with E-state index in [0.717, 1.165) is 0 Å². The van der Waals surface area contributed by atoms with Gasteiger partial charge in [0.05, 0.1) is 13.0 Å². The maximum absolute atomic E-state index is 10.9. The van der Waals surface area contributed by atoms with E-state index in [0.29, 0.717) is 0 Å². The molecular weight excluding hydrogens is 184 g/mol. The fraction of sp³-hybridized carbons (Fsp3) is 0.857. The summed E-state index contributed by atoms with van der Waals surface area (Å²) in [5, 5.41) is 0. The maximum atomic E-state index is 10.9. The fourth-order valence-electron chi connectivity index (χ4n) is 0.676. The van der Waals surface area contributed by atoms with Gasteiger partial charge in [-0.1, -0.05) is 0 Å². The SMILES string of the molecule is COC(=O)CC(CCl)(OC)OC. The average molecular weight is 197 g/mol. The smallest absolute Gasteiger partial charge is 0.311 e. The third kappa shape index (κ3) is 2.97. The van der Waals surface area contributed by atoms with Crippen molar-refractivity contribution in [3.8, 4) is 0 Å². The van der Waals surface area contributed by atoms with Crippen LogP contribution < -0.4 is 0 Å². The third-order valence-electron chi connectivity index (χ3n) is 1.59. The molecule has 0 atom stereocenters. The lowest BCUT2D eigenvalue weighted by Gasteiger charge is -2.26. The van der Waals surface area contributed by atoms with Crippen LogP contribution in [0.4, 0.5) is 0 Å². The molecule has 0 saturated heterocycles. The van der Waals surface area contributed by atoms with E-state index in [4.69, 9.17) is 21.1 Å². The van der Waals surface area contributed by atoms with Crippen LogP contribution in [0.25, 0.3) is 0 Å². The second-order valence-corrected chi connectivity index (χ2v) is 2.47. The van der Waals surface area contributed by atoms with Gasteiger partial charge in [0.15, 0.2) is 5.79 Å². The topological polar surface area (TPSA) is 44.8 Å². The minimum Gasteiger partial charge on any atom is -0.469 e. The van der Waals surface area contributed by atoms with E-state index in [1.165, 1.54) is 21.3 Å². The molecular formula is C7H13ClO4. The zero-order valence-electron chi connectivity index (χ0n) is 7.43. The summed E-state index contributed by atoms with van der Waals surface area (Å²) in [7, 11) is 4.15. The van der Waals surface area contributed by atoms with Gasteiger partial charge in [0.2, 0.25) is 0 Å². The summed E-state index contributed by atoms with van der Waals surface area (Å²) in [6.45, 7) is 0. The molecule has 4 nitrogen and oxygen atoms in total. The first-order valence-corrected chi connectivity index (χ1v) is 3.90. The Morgan fingerprint density at radius 2 is 1.83 bits per heavy atom. The first kappa shape index (κ1) is 11.7. The number of halogens is 1. The predicted octanol–water partition coefficient (Wildman–Crippen LogP) is 0.777. The van der Waals surface area contributed by atoms with Crippen molar-refractivity contribution in [3.63, 3.8) is 0 Å². The minimum atomic E-state index is -1.06. The van der Waals surface area contributed by atoms with Crippen molar-refractivity contribution in [1.82, 2.24) is 0 Å². The zero-order chi connectivity index (χ0) is 9.61. The molecule has 0 bridgehead atoms. The number of ether oxygens (including phenoxy) is 3. The van der Waals surface area contributed by atoms with Crippen molar-refractivity contribution in [3.05, 3.63) is 0 Å². The average Bonchev–Trinajstić information content (AvgIpc) is 2.14. The second-order valence-electron chi connectivity index (χ2n) is 2.21. The van der Waals surface area contributed by atoms with Crippen LogP contribution in [-0.4, -0.2) is 39.0 Å². The van der Waals surface area contributed by atoms with E-state index in [1.807, 2.05) is 0 Å². The van der Waals surface area contributed by atoms with Crippen molar-refractivity contribution >= 4 is 17.6 Å². The largest absolute Gasteiger partial charge is 0.469 e. The molecule has 0 radical (unpaired) electrons. The normalized spacial score (nSPS) is 11.3. The maximum Gasteiger partial charge on any atom is 0.311 e. The monoisotopic (exact) mass is 196 g/mol. The molecule has 0 amide bonds. The molecule has 72 valence electrons. The fourth-order valence-corrected chi connectivity index (χ4v) is 0.989. The number of hydrogen-bond acceptors (Lipinski definition) is 4. The van der Waals surface area contributed by atoms with Crippen LogP contribution in [0.5, 0.6) is 0 Å². The lowest BCUT2D eigenvalue weighted by atomic mass is 10.2. The van der Waals surface area contributed by atoms with Crippen molar-refractivity contribution in [2.24, 2.45) is 0 Å². The predicted molar refractivity (Wildman–Crippen MR) is 44.1 cm³/mol. The summed E-state index contributed by atoms with van der Waals surface area (Å²) >= 11 is 5.57. The van der Waals surface area contributed by atoms with Crippen molar-refractivity contribution in [1.29, 1.82) is 0 Å². The van der Waals surface area contributed by atoms with Gasteiger partial charge in [-0.3, -0.25) is 4.79 Å². The van der Waals surface area contributed by atoms with E-state index in [-0.39, 0.29) is 12.3 Å². The molecule has 0 N–H and O–H groups in total. The van der Waals surface area contributed by atoms with E-state index in [9.17, 15) is 4.79 Å². The van der Waals surface area contributed by atoms with Gasteiger partial charge in [-0.05, 0) is 0 Å². The molecule has 0 aliphatic rings. The molecule has 0 aromatic heterocycles. The number of alkyl halides is 1. The molecule has 5 heteroatoms. The summed E-state index contributed by atoms with van der Waals surface area (Å²) < 4.78 is 14.4. The third-order valence-corrected chi connectivity index (χ3v) is 2.00. The summed E-state index contributed by atoms with van der Waals surface area (Å²) in [6.07, 6.45) is -0.0139. The highest BCUT2D eigenvalue weighted by Crippen LogP contribution is 2.18. The van der Waals surface area contributed by atoms with Gasteiger partial charge in [-0.2, -0.15) is 0 Å². The molecule has 0 unspecified atom stereocenters. The zero-order valence-corrected chi connectivity index (χ0v) is 8.18. The minimum absolute atomic E-state index is 0.0139. The highest BCUT2D eigenvalue weighted by Gasteiger charge is 2.32. The lowest BCUT2D eigenvalue weighted by molar-refractivity contribution is -0.202. The van der Waals surface area contributed by atoms with E-state index in [2.05, 4.69) is 4.74 Å². The van der Waals surface area contributed by atoms with Gasteiger partial charge >= 0.3 is 5.97 Å². The molecule has 0 fully saturated rings. The van der Waals surface area contributed by atoms with E-state index < -0.39 is 11.8 Å². The van der Waals surface area contributed by atoms with Gasteiger partial charge in [-0.25, -0.2) is 0 Å². The highest BCUT2D eigenvalue weighted by molar-refractivity contribution is 6.18. The molecule has 0 aliphatic carbocycles.